The molecule has 19 heavy (non-hydrogen) atoms. The van der Waals surface area contributed by atoms with Gasteiger partial charge in [0.1, 0.15) is 5.82 Å². The molecular formula is C15H25N3O. The highest BCUT2D eigenvalue weighted by atomic mass is 16.5. The van der Waals surface area contributed by atoms with Crippen LogP contribution in [0, 0.1) is 0 Å². The first-order valence-corrected chi connectivity index (χ1v) is 7.14. The van der Waals surface area contributed by atoms with E-state index < -0.39 is 0 Å². The summed E-state index contributed by atoms with van der Waals surface area (Å²) in [6, 6.07) is 4.18. The third-order valence-electron chi connectivity index (χ3n) is 3.61. The summed E-state index contributed by atoms with van der Waals surface area (Å²) in [7, 11) is 0. The third-order valence-corrected chi connectivity index (χ3v) is 3.61. The Bertz CT molecular complexity index is 406. The maximum Gasteiger partial charge on any atom is 0.130 e. The van der Waals surface area contributed by atoms with E-state index >= 15 is 0 Å². The standard InChI is InChI=1S/C15H25N3O/c1-4-7-16-14-13(6-5-8-17-14)11-18-9-10-19-12-15(18,2)3/h5-6,8H,4,7,9-12H2,1-3H3,(H,16,17). The number of hydrogen-bond donors (Lipinski definition) is 1. The summed E-state index contributed by atoms with van der Waals surface area (Å²) in [6.45, 7) is 11.1. The minimum atomic E-state index is 0.0934. The molecule has 1 aromatic heterocycles. The molecule has 1 aromatic rings. The van der Waals surface area contributed by atoms with Gasteiger partial charge in [-0.25, -0.2) is 4.98 Å². The molecule has 0 atom stereocenters. The molecule has 0 amide bonds. The molecule has 0 unspecified atom stereocenters. The number of pyridine rings is 1. The number of hydrogen-bond acceptors (Lipinski definition) is 4. The number of aromatic nitrogens is 1. The highest BCUT2D eigenvalue weighted by Gasteiger charge is 2.30. The first-order valence-electron chi connectivity index (χ1n) is 7.14. The molecule has 106 valence electrons. The first-order chi connectivity index (χ1) is 9.13. The summed E-state index contributed by atoms with van der Waals surface area (Å²) >= 11 is 0. The van der Waals surface area contributed by atoms with Crippen LogP contribution in [0.15, 0.2) is 18.3 Å². The number of morpholine rings is 1. The SMILES string of the molecule is CCCNc1ncccc1CN1CCOCC1(C)C. The van der Waals surface area contributed by atoms with Gasteiger partial charge in [0.15, 0.2) is 0 Å². The van der Waals surface area contributed by atoms with Gasteiger partial charge in [0.25, 0.3) is 0 Å². The summed E-state index contributed by atoms with van der Waals surface area (Å²) < 4.78 is 5.57. The maximum atomic E-state index is 5.57. The predicted octanol–water partition coefficient (Wildman–Crippen LogP) is 2.51. The molecular weight excluding hydrogens is 238 g/mol. The van der Waals surface area contributed by atoms with Crippen molar-refractivity contribution in [1.29, 1.82) is 0 Å². The van der Waals surface area contributed by atoms with Crippen LogP contribution >= 0.6 is 0 Å². The van der Waals surface area contributed by atoms with Gasteiger partial charge in [-0.15, -0.1) is 0 Å². The summed E-state index contributed by atoms with van der Waals surface area (Å²) in [5.41, 5.74) is 1.36. The molecule has 0 aliphatic carbocycles. The fraction of sp³-hybridized carbons (Fsp3) is 0.667. The van der Waals surface area contributed by atoms with Crippen LogP contribution in [0.3, 0.4) is 0 Å². The minimum Gasteiger partial charge on any atom is -0.378 e. The van der Waals surface area contributed by atoms with Gasteiger partial charge in [0.2, 0.25) is 0 Å². The largest absolute Gasteiger partial charge is 0.378 e. The summed E-state index contributed by atoms with van der Waals surface area (Å²) in [4.78, 5) is 6.94. The van der Waals surface area contributed by atoms with Crippen molar-refractivity contribution in [3.8, 4) is 0 Å². The normalized spacial score (nSPS) is 19.3. The first kappa shape index (κ1) is 14.3. The van der Waals surface area contributed by atoms with Crippen molar-refractivity contribution in [2.75, 3.05) is 31.6 Å². The van der Waals surface area contributed by atoms with Gasteiger partial charge in [-0.1, -0.05) is 13.0 Å². The molecule has 1 N–H and O–H groups in total. The second-order valence-corrected chi connectivity index (χ2v) is 5.72. The van der Waals surface area contributed by atoms with Crippen LogP contribution in [0.1, 0.15) is 32.8 Å². The number of anilines is 1. The molecule has 2 rings (SSSR count). The lowest BCUT2D eigenvalue weighted by Gasteiger charge is -2.42. The van der Waals surface area contributed by atoms with Crippen molar-refractivity contribution in [3.05, 3.63) is 23.9 Å². The molecule has 4 heteroatoms. The van der Waals surface area contributed by atoms with E-state index in [2.05, 4.69) is 42.0 Å². The molecule has 0 aromatic carbocycles. The van der Waals surface area contributed by atoms with Crippen LogP contribution in [0.4, 0.5) is 5.82 Å². The van der Waals surface area contributed by atoms with Crippen LogP contribution in [-0.2, 0) is 11.3 Å². The van der Waals surface area contributed by atoms with Gasteiger partial charge in [-0.3, -0.25) is 4.90 Å². The van der Waals surface area contributed by atoms with E-state index in [1.165, 1.54) is 5.56 Å². The van der Waals surface area contributed by atoms with E-state index in [-0.39, 0.29) is 5.54 Å². The minimum absolute atomic E-state index is 0.0934. The van der Waals surface area contributed by atoms with Crippen molar-refractivity contribution in [2.24, 2.45) is 0 Å². The fourth-order valence-electron chi connectivity index (χ4n) is 2.36. The van der Waals surface area contributed by atoms with Crippen LogP contribution in [0.25, 0.3) is 0 Å². The molecule has 0 radical (unpaired) electrons. The topological polar surface area (TPSA) is 37.4 Å². The van der Waals surface area contributed by atoms with Gasteiger partial charge >= 0.3 is 0 Å². The van der Waals surface area contributed by atoms with Crippen LogP contribution in [-0.4, -0.2) is 41.7 Å². The van der Waals surface area contributed by atoms with E-state index in [0.717, 1.165) is 45.1 Å². The maximum absolute atomic E-state index is 5.57. The van der Waals surface area contributed by atoms with E-state index in [0.29, 0.717) is 0 Å². The van der Waals surface area contributed by atoms with E-state index in [4.69, 9.17) is 4.74 Å². The molecule has 4 nitrogen and oxygen atoms in total. The number of nitrogens with one attached hydrogen (secondary N) is 1. The lowest BCUT2D eigenvalue weighted by atomic mass is 10.0. The van der Waals surface area contributed by atoms with E-state index in [9.17, 15) is 0 Å². The Hall–Kier alpha value is -1.13. The zero-order valence-corrected chi connectivity index (χ0v) is 12.3. The highest BCUT2D eigenvalue weighted by molar-refractivity contribution is 5.43. The summed E-state index contributed by atoms with van der Waals surface area (Å²) in [6.07, 6.45) is 2.96. The molecule has 1 aliphatic heterocycles. The number of rotatable bonds is 5. The smallest absolute Gasteiger partial charge is 0.130 e. The molecule has 0 bridgehead atoms. The van der Waals surface area contributed by atoms with Crippen molar-refractivity contribution in [3.63, 3.8) is 0 Å². The molecule has 2 heterocycles. The predicted molar refractivity (Wildman–Crippen MR) is 78.3 cm³/mol. The Morgan fingerprint density at radius 2 is 2.32 bits per heavy atom. The van der Waals surface area contributed by atoms with Crippen molar-refractivity contribution < 1.29 is 4.74 Å². The van der Waals surface area contributed by atoms with E-state index in [1.807, 2.05) is 12.3 Å². The Labute approximate surface area is 116 Å². The van der Waals surface area contributed by atoms with Gasteiger partial charge in [0, 0.05) is 36.9 Å². The Morgan fingerprint density at radius 3 is 3.05 bits per heavy atom. The molecule has 0 saturated carbocycles. The second kappa shape index (κ2) is 6.35. The Balaban J connectivity index is 2.09. The van der Waals surface area contributed by atoms with Crippen LogP contribution < -0.4 is 5.32 Å². The Kier molecular flexibility index (Phi) is 4.77. The van der Waals surface area contributed by atoms with E-state index in [1.54, 1.807) is 0 Å². The van der Waals surface area contributed by atoms with Gasteiger partial charge in [-0.05, 0) is 26.3 Å². The van der Waals surface area contributed by atoms with Gasteiger partial charge in [0.05, 0.1) is 13.2 Å². The van der Waals surface area contributed by atoms with Crippen LogP contribution in [0.2, 0.25) is 0 Å². The van der Waals surface area contributed by atoms with Gasteiger partial charge in [-0.2, -0.15) is 0 Å². The van der Waals surface area contributed by atoms with Crippen molar-refractivity contribution in [2.45, 2.75) is 39.3 Å². The fourth-order valence-corrected chi connectivity index (χ4v) is 2.36. The second-order valence-electron chi connectivity index (χ2n) is 5.72. The molecule has 1 aliphatic rings. The zero-order valence-electron chi connectivity index (χ0n) is 12.3. The average Bonchev–Trinajstić information content (AvgIpc) is 2.40. The van der Waals surface area contributed by atoms with Crippen LogP contribution in [0.5, 0.6) is 0 Å². The van der Waals surface area contributed by atoms with Gasteiger partial charge < -0.3 is 10.1 Å². The summed E-state index contributed by atoms with van der Waals surface area (Å²) in [5, 5.41) is 3.41. The van der Waals surface area contributed by atoms with Crippen molar-refractivity contribution >= 4 is 5.82 Å². The molecule has 1 fully saturated rings. The zero-order chi connectivity index (χ0) is 13.7. The Morgan fingerprint density at radius 1 is 1.47 bits per heavy atom. The molecule has 1 saturated heterocycles. The van der Waals surface area contributed by atoms with Crippen molar-refractivity contribution in [1.82, 2.24) is 9.88 Å². The quantitative estimate of drug-likeness (QED) is 0.886. The number of ether oxygens (including phenoxy) is 1. The molecule has 0 spiro atoms. The lowest BCUT2D eigenvalue weighted by molar-refractivity contribution is -0.0552. The highest BCUT2D eigenvalue weighted by Crippen LogP contribution is 2.23. The lowest BCUT2D eigenvalue weighted by Crippen LogP contribution is -2.52. The third kappa shape index (κ3) is 3.67. The monoisotopic (exact) mass is 263 g/mol. The number of nitrogens with zero attached hydrogens (tertiary/aromatic N) is 2. The average molecular weight is 263 g/mol. The summed E-state index contributed by atoms with van der Waals surface area (Å²) in [5.74, 6) is 1.02.